The van der Waals surface area contributed by atoms with Crippen LogP contribution in [-0.4, -0.2) is 69.1 Å². The predicted molar refractivity (Wildman–Crippen MR) is 140 cm³/mol. The number of fused-ring (bicyclic) bond motifs is 4. The molecule has 0 saturated heterocycles. The fourth-order valence-electron chi connectivity index (χ4n) is 3.90. The number of carbonyl (C=O) groups is 2. The highest BCUT2D eigenvalue weighted by Gasteiger charge is 2.27. The van der Waals surface area contributed by atoms with Gasteiger partial charge in [0.25, 0.3) is 0 Å². The third-order valence-corrected chi connectivity index (χ3v) is 5.48. The summed E-state index contributed by atoms with van der Waals surface area (Å²) in [7, 11) is 0. The standard InChI is InChI=1S/C27H35N5O5/c1-26(2,3)36-24(33)30-12-8-13-31(25(34)37-27(4,5)6)22-11-14-32-23(29-22)21(18-28-32)19-9-7-10-20(17-19)35-16-15-30/h7,9-11,14,17-18H,8,12-13,15-16H2,1-6H3. The summed E-state index contributed by atoms with van der Waals surface area (Å²) in [6, 6.07) is 9.36. The molecule has 4 bridgehead atoms. The summed E-state index contributed by atoms with van der Waals surface area (Å²) in [6.45, 7) is 12.2. The van der Waals surface area contributed by atoms with Crippen molar-refractivity contribution in [2.24, 2.45) is 0 Å². The van der Waals surface area contributed by atoms with E-state index < -0.39 is 23.4 Å². The average molecular weight is 510 g/mol. The van der Waals surface area contributed by atoms with Crippen LogP contribution >= 0.6 is 0 Å². The molecule has 3 heterocycles. The highest BCUT2D eigenvalue weighted by Crippen LogP contribution is 2.28. The summed E-state index contributed by atoms with van der Waals surface area (Å²) < 4.78 is 19.0. The molecular weight excluding hydrogens is 474 g/mol. The zero-order valence-electron chi connectivity index (χ0n) is 22.4. The molecule has 0 saturated carbocycles. The Morgan fingerprint density at radius 2 is 1.68 bits per heavy atom. The smallest absolute Gasteiger partial charge is 0.416 e. The van der Waals surface area contributed by atoms with Crippen molar-refractivity contribution in [1.82, 2.24) is 19.5 Å². The van der Waals surface area contributed by atoms with Crippen LogP contribution in [-0.2, 0) is 9.47 Å². The van der Waals surface area contributed by atoms with E-state index in [0.29, 0.717) is 36.7 Å². The van der Waals surface area contributed by atoms with Crippen molar-refractivity contribution in [2.45, 2.75) is 59.2 Å². The van der Waals surface area contributed by atoms with E-state index in [0.717, 1.165) is 11.1 Å². The Kier molecular flexibility index (Phi) is 7.29. The van der Waals surface area contributed by atoms with Crippen LogP contribution in [0.25, 0.3) is 16.8 Å². The van der Waals surface area contributed by atoms with Crippen molar-refractivity contribution in [2.75, 3.05) is 31.1 Å². The van der Waals surface area contributed by atoms with Crippen molar-refractivity contribution in [3.8, 4) is 16.9 Å². The molecule has 1 aliphatic rings. The van der Waals surface area contributed by atoms with Gasteiger partial charge in [0.15, 0.2) is 5.65 Å². The Hall–Kier alpha value is -3.82. The minimum atomic E-state index is -0.680. The monoisotopic (exact) mass is 509 g/mol. The maximum atomic E-state index is 13.2. The largest absolute Gasteiger partial charge is 0.492 e. The SMILES string of the molecule is CC(C)(C)OC(=O)N1CCCN(C(=O)OC(C)(C)C)c2ccn3ncc(c3n2)-c2cccc(c2)OCC1. The van der Waals surface area contributed by atoms with Crippen LogP contribution in [0.4, 0.5) is 15.4 Å². The minimum absolute atomic E-state index is 0.286. The zero-order chi connectivity index (χ0) is 26.8. The van der Waals surface area contributed by atoms with Crippen LogP contribution in [0, 0.1) is 0 Å². The van der Waals surface area contributed by atoms with Gasteiger partial charge >= 0.3 is 12.2 Å². The topological polar surface area (TPSA) is 98.5 Å². The van der Waals surface area contributed by atoms with Gasteiger partial charge in [-0.2, -0.15) is 5.10 Å². The second-order valence-corrected chi connectivity index (χ2v) is 10.9. The highest BCUT2D eigenvalue weighted by molar-refractivity contribution is 5.88. The van der Waals surface area contributed by atoms with E-state index in [1.54, 1.807) is 27.9 Å². The van der Waals surface area contributed by atoms with E-state index in [9.17, 15) is 9.59 Å². The zero-order valence-corrected chi connectivity index (χ0v) is 22.4. The average Bonchev–Trinajstić information content (AvgIpc) is 3.21. The van der Waals surface area contributed by atoms with Crippen LogP contribution in [0.3, 0.4) is 0 Å². The normalized spacial score (nSPS) is 15.1. The Labute approximate surface area is 217 Å². The number of amides is 2. The first kappa shape index (κ1) is 26.2. The van der Waals surface area contributed by atoms with E-state index >= 15 is 0 Å². The van der Waals surface area contributed by atoms with Crippen LogP contribution in [0.1, 0.15) is 48.0 Å². The van der Waals surface area contributed by atoms with E-state index in [1.165, 1.54) is 4.90 Å². The molecule has 4 rings (SSSR count). The van der Waals surface area contributed by atoms with Crippen LogP contribution in [0.5, 0.6) is 5.75 Å². The molecule has 1 aromatic carbocycles. The Morgan fingerprint density at radius 3 is 2.41 bits per heavy atom. The molecule has 37 heavy (non-hydrogen) atoms. The summed E-state index contributed by atoms with van der Waals surface area (Å²) in [5, 5.41) is 4.43. The van der Waals surface area contributed by atoms with Crippen LogP contribution < -0.4 is 9.64 Å². The number of rotatable bonds is 0. The van der Waals surface area contributed by atoms with Gasteiger partial charge in [0.05, 0.1) is 12.7 Å². The van der Waals surface area contributed by atoms with E-state index in [4.69, 9.17) is 19.2 Å². The summed E-state index contributed by atoms with van der Waals surface area (Å²) in [5.41, 5.74) is 0.975. The third kappa shape index (κ3) is 6.69. The van der Waals surface area contributed by atoms with Gasteiger partial charge in [-0.15, -0.1) is 0 Å². The number of nitrogens with zero attached hydrogens (tertiary/aromatic N) is 5. The minimum Gasteiger partial charge on any atom is -0.492 e. The maximum Gasteiger partial charge on any atom is 0.416 e. The fourth-order valence-corrected chi connectivity index (χ4v) is 3.90. The molecule has 2 amide bonds. The van der Waals surface area contributed by atoms with Gasteiger partial charge in [0.1, 0.15) is 29.4 Å². The quantitative estimate of drug-likeness (QED) is 0.413. The van der Waals surface area contributed by atoms with Gasteiger partial charge in [0, 0.05) is 24.8 Å². The molecule has 0 fully saturated rings. The van der Waals surface area contributed by atoms with Gasteiger partial charge in [-0.25, -0.2) is 19.1 Å². The van der Waals surface area contributed by atoms with Crippen molar-refractivity contribution >= 4 is 23.7 Å². The van der Waals surface area contributed by atoms with Crippen molar-refractivity contribution < 1.29 is 23.8 Å². The molecule has 198 valence electrons. The van der Waals surface area contributed by atoms with Gasteiger partial charge in [-0.05, 0) is 71.7 Å². The summed E-state index contributed by atoms with van der Waals surface area (Å²) >= 11 is 0. The Bertz CT molecular complexity index is 1270. The molecule has 0 aliphatic carbocycles. The summed E-state index contributed by atoms with van der Waals surface area (Å²) in [5.74, 6) is 1.11. The molecular formula is C27H35N5O5. The fraction of sp³-hybridized carbons (Fsp3) is 0.481. The third-order valence-electron chi connectivity index (χ3n) is 5.48. The van der Waals surface area contributed by atoms with Crippen LogP contribution in [0.2, 0.25) is 0 Å². The Morgan fingerprint density at radius 1 is 0.946 bits per heavy atom. The van der Waals surface area contributed by atoms with E-state index in [2.05, 4.69) is 5.10 Å². The molecule has 0 unspecified atom stereocenters. The molecule has 1 aliphatic heterocycles. The summed E-state index contributed by atoms with van der Waals surface area (Å²) in [4.78, 5) is 34.1. The number of benzene rings is 1. The van der Waals surface area contributed by atoms with Gasteiger partial charge < -0.3 is 19.1 Å². The second kappa shape index (κ2) is 10.3. The maximum absolute atomic E-state index is 13.2. The number of anilines is 1. The Balaban J connectivity index is 1.73. The highest BCUT2D eigenvalue weighted by atomic mass is 16.6. The first-order valence-corrected chi connectivity index (χ1v) is 12.5. The van der Waals surface area contributed by atoms with Gasteiger partial charge in [0.2, 0.25) is 0 Å². The molecule has 10 nitrogen and oxygen atoms in total. The molecule has 3 aromatic rings. The molecule has 0 spiro atoms. The van der Waals surface area contributed by atoms with E-state index in [-0.39, 0.29) is 13.2 Å². The lowest BCUT2D eigenvalue weighted by Crippen LogP contribution is -2.42. The van der Waals surface area contributed by atoms with Crippen molar-refractivity contribution in [3.05, 3.63) is 42.7 Å². The molecule has 10 heteroatoms. The number of carbonyl (C=O) groups excluding carboxylic acids is 2. The number of aromatic nitrogens is 3. The van der Waals surface area contributed by atoms with Crippen molar-refractivity contribution in [3.63, 3.8) is 0 Å². The molecule has 0 N–H and O–H groups in total. The number of hydrogen-bond acceptors (Lipinski definition) is 7. The first-order valence-electron chi connectivity index (χ1n) is 12.5. The predicted octanol–water partition coefficient (Wildman–Crippen LogP) is 5.16. The van der Waals surface area contributed by atoms with Gasteiger partial charge in [-0.1, -0.05) is 12.1 Å². The molecule has 0 radical (unpaired) electrons. The lowest BCUT2D eigenvalue weighted by atomic mass is 10.1. The lowest BCUT2D eigenvalue weighted by molar-refractivity contribution is 0.0225. The summed E-state index contributed by atoms with van der Waals surface area (Å²) in [6.07, 6.45) is 3.05. The second-order valence-electron chi connectivity index (χ2n) is 10.9. The molecule has 0 atom stereocenters. The number of hydrogen-bond donors (Lipinski definition) is 0. The first-order chi connectivity index (χ1) is 17.4. The van der Waals surface area contributed by atoms with Gasteiger partial charge in [-0.3, -0.25) is 4.90 Å². The molecule has 2 aromatic heterocycles. The van der Waals surface area contributed by atoms with E-state index in [1.807, 2.05) is 65.8 Å². The van der Waals surface area contributed by atoms with Crippen molar-refractivity contribution in [1.29, 1.82) is 0 Å². The lowest BCUT2D eigenvalue weighted by Gasteiger charge is -2.29. The number of ether oxygens (including phenoxy) is 3. The van der Waals surface area contributed by atoms with Crippen LogP contribution in [0.15, 0.2) is 42.7 Å².